The van der Waals surface area contributed by atoms with Gasteiger partial charge in [-0.05, 0) is 6.07 Å². The summed E-state index contributed by atoms with van der Waals surface area (Å²) >= 11 is 0. The van der Waals surface area contributed by atoms with E-state index in [1.165, 1.54) is 12.5 Å². The van der Waals surface area contributed by atoms with Gasteiger partial charge in [-0.2, -0.15) is 0 Å². The minimum Gasteiger partial charge on any atom is -0.472 e. The Morgan fingerprint density at radius 3 is 3.10 bits per heavy atom. The molecule has 0 aliphatic heterocycles. The molecule has 0 amide bonds. The van der Waals surface area contributed by atoms with Crippen LogP contribution >= 0.6 is 0 Å². The smallest absolute Gasteiger partial charge is 0.105 e. The predicted octanol–water partition coefficient (Wildman–Crippen LogP) is 0.959. The van der Waals surface area contributed by atoms with E-state index in [4.69, 9.17) is 9.15 Å². The Kier molecular flexibility index (Phi) is 2.48. The molecule has 1 aromatic rings. The number of rotatable bonds is 3. The minimum absolute atomic E-state index is 0.305. The summed E-state index contributed by atoms with van der Waals surface area (Å²) in [6.45, 7) is 0.305. The predicted molar refractivity (Wildman–Crippen MR) is 35.5 cm³/mol. The van der Waals surface area contributed by atoms with Crippen molar-refractivity contribution in [1.82, 2.24) is 0 Å². The first kappa shape index (κ1) is 7.31. The zero-order chi connectivity index (χ0) is 7.40. The number of aliphatic hydroxyl groups excluding tert-OH is 1. The molecular formula is C7H10O3. The van der Waals surface area contributed by atoms with Crippen molar-refractivity contribution in [3.05, 3.63) is 24.2 Å². The Hall–Kier alpha value is -0.800. The van der Waals surface area contributed by atoms with Crippen LogP contribution in [-0.2, 0) is 4.74 Å². The third kappa shape index (κ3) is 1.59. The van der Waals surface area contributed by atoms with Gasteiger partial charge < -0.3 is 14.3 Å². The Balaban J connectivity index is 2.50. The van der Waals surface area contributed by atoms with Crippen LogP contribution in [0.25, 0.3) is 0 Å². The molecule has 3 nitrogen and oxygen atoms in total. The Morgan fingerprint density at radius 2 is 2.60 bits per heavy atom. The summed E-state index contributed by atoms with van der Waals surface area (Å²) in [5.74, 6) is 0. The van der Waals surface area contributed by atoms with Crippen LogP contribution in [0.2, 0.25) is 0 Å². The monoisotopic (exact) mass is 142 g/mol. The Bertz CT molecular complexity index is 169. The SMILES string of the molecule is COCC(O)c1ccoc1. The van der Waals surface area contributed by atoms with E-state index >= 15 is 0 Å². The van der Waals surface area contributed by atoms with Crippen LogP contribution < -0.4 is 0 Å². The number of aliphatic hydroxyl groups is 1. The maximum Gasteiger partial charge on any atom is 0.105 e. The molecule has 0 bridgehead atoms. The van der Waals surface area contributed by atoms with E-state index in [0.717, 1.165) is 5.56 Å². The highest BCUT2D eigenvalue weighted by molar-refractivity contribution is 5.08. The molecule has 0 saturated carbocycles. The van der Waals surface area contributed by atoms with Crippen LogP contribution in [0, 0.1) is 0 Å². The summed E-state index contributed by atoms with van der Waals surface area (Å²) in [7, 11) is 1.54. The lowest BCUT2D eigenvalue weighted by molar-refractivity contribution is 0.0640. The lowest BCUT2D eigenvalue weighted by atomic mass is 10.2. The lowest BCUT2D eigenvalue weighted by Gasteiger charge is -2.04. The zero-order valence-electron chi connectivity index (χ0n) is 5.78. The minimum atomic E-state index is -0.566. The fourth-order valence-electron chi connectivity index (χ4n) is 0.719. The van der Waals surface area contributed by atoms with E-state index in [0.29, 0.717) is 6.61 Å². The molecule has 0 aliphatic carbocycles. The van der Waals surface area contributed by atoms with E-state index in [9.17, 15) is 5.11 Å². The van der Waals surface area contributed by atoms with Gasteiger partial charge in [-0.3, -0.25) is 0 Å². The topological polar surface area (TPSA) is 42.6 Å². The van der Waals surface area contributed by atoms with Crippen LogP contribution in [-0.4, -0.2) is 18.8 Å². The Morgan fingerprint density at radius 1 is 1.80 bits per heavy atom. The normalized spacial score (nSPS) is 13.4. The van der Waals surface area contributed by atoms with Crippen molar-refractivity contribution in [3.63, 3.8) is 0 Å². The van der Waals surface area contributed by atoms with Crippen molar-refractivity contribution >= 4 is 0 Å². The van der Waals surface area contributed by atoms with E-state index in [2.05, 4.69) is 0 Å². The maximum absolute atomic E-state index is 9.22. The third-order valence-corrected chi connectivity index (χ3v) is 1.25. The largest absolute Gasteiger partial charge is 0.472 e. The molecule has 1 rings (SSSR count). The van der Waals surface area contributed by atoms with Crippen LogP contribution in [0.1, 0.15) is 11.7 Å². The third-order valence-electron chi connectivity index (χ3n) is 1.25. The molecular weight excluding hydrogens is 132 g/mol. The van der Waals surface area contributed by atoms with Gasteiger partial charge in [-0.25, -0.2) is 0 Å². The van der Waals surface area contributed by atoms with Crippen LogP contribution in [0.5, 0.6) is 0 Å². The fourth-order valence-corrected chi connectivity index (χ4v) is 0.719. The van der Waals surface area contributed by atoms with Crippen molar-refractivity contribution in [2.75, 3.05) is 13.7 Å². The molecule has 0 fully saturated rings. The van der Waals surface area contributed by atoms with Crippen LogP contribution in [0.3, 0.4) is 0 Å². The molecule has 1 aromatic heterocycles. The van der Waals surface area contributed by atoms with Crippen molar-refractivity contribution in [2.24, 2.45) is 0 Å². The summed E-state index contributed by atoms with van der Waals surface area (Å²) in [6.07, 6.45) is 2.46. The molecule has 1 atom stereocenters. The first-order chi connectivity index (χ1) is 4.84. The first-order valence-electron chi connectivity index (χ1n) is 3.03. The second-order valence-electron chi connectivity index (χ2n) is 2.03. The van der Waals surface area contributed by atoms with E-state index in [-0.39, 0.29) is 0 Å². The highest BCUT2D eigenvalue weighted by Crippen LogP contribution is 2.12. The average Bonchev–Trinajstić information content (AvgIpc) is 2.38. The molecule has 1 unspecified atom stereocenters. The second-order valence-corrected chi connectivity index (χ2v) is 2.03. The highest BCUT2D eigenvalue weighted by atomic mass is 16.5. The van der Waals surface area contributed by atoms with Gasteiger partial charge in [-0.1, -0.05) is 0 Å². The van der Waals surface area contributed by atoms with Gasteiger partial charge in [-0.15, -0.1) is 0 Å². The van der Waals surface area contributed by atoms with Crippen molar-refractivity contribution < 1.29 is 14.3 Å². The summed E-state index contributed by atoms with van der Waals surface area (Å²) in [4.78, 5) is 0. The number of methoxy groups -OCH3 is 1. The molecule has 1 N–H and O–H groups in total. The van der Waals surface area contributed by atoms with Gasteiger partial charge in [0, 0.05) is 12.7 Å². The summed E-state index contributed by atoms with van der Waals surface area (Å²) in [5, 5.41) is 9.22. The molecule has 0 saturated heterocycles. The van der Waals surface area contributed by atoms with Crippen LogP contribution in [0.15, 0.2) is 23.0 Å². The summed E-state index contributed by atoms with van der Waals surface area (Å²) in [6, 6.07) is 1.71. The number of hydrogen-bond donors (Lipinski definition) is 1. The van der Waals surface area contributed by atoms with Crippen molar-refractivity contribution in [1.29, 1.82) is 0 Å². The van der Waals surface area contributed by atoms with Gasteiger partial charge in [0.2, 0.25) is 0 Å². The number of ether oxygens (including phenoxy) is 1. The zero-order valence-corrected chi connectivity index (χ0v) is 5.78. The summed E-state index contributed by atoms with van der Waals surface area (Å²) < 4.78 is 9.50. The molecule has 0 aliphatic rings. The van der Waals surface area contributed by atoms with Gasteiger partial charge in [0.05, 0.1) is 19.1 Å². The molecule has 0 aromatic carbocycles. The van der Waals surface area contributed by atoms with Gasteiger partial charge in [0.1, 0.15) is 6.10 Å². The standard InChI is InChI=1S/C7H10O3/c1-9-5-7(8)6-2-3-10-4-6/h2-4,7-8H,5H2,1H3. The second kappa shape index (κ2) is 3.39. The molecule has 3 heteroatoms. The maximum atomic E-state index is 9.22. The Labute approximate surface area is 59.2 Å². The lowest BCUT2D eigenvalue weighted by Crippen LogP contribution is -2.03. The highest BCUT2D eigenvalue weighted by Gasteiger charge is 2.06. The van der Waals surface area contributed by atoms with Gasteiger partial charge >= 0.3 is 0 Å². The van der Waals surface area contributed by atoms with Gasteiger partial charge in [0.25, 0.3) is 0 Å². The molecule has 0 radical (unpaired) electrons. The van der Waals surface area contributed by atoms with Crippen molar-refractivity contribution in [2.45, 2.75) is 6.10 Å². The van der Waals surface area contributed by atoms with Crippen LogP contribution in [0.4, 0.5) is 0 Å². The molecule has 10 heavy (non-hydrogen) atoms. The number of furan rings is 1. The van der Waals surface area contributed by atoms with Crippen molar-refractivity contribution in [3.8, 4) is 0 Å². The van der Waals surface area contributed by atoms with E-state index < -0.39 is 6.10 Å². The molecule has 1 heterocycles. The summed E-state index contributed by atoms with van der Waals surface area (Å²) in [5.41, 5.74) is 0.752. The van der Waals surface area contributed by atoms with E-state index in [1.54, 1.807) is 13.2 Å². The molecule has 56 valence electrons. The van der Waals surface area contributed by atoms with Gasteiger partial charge in [0.15, 0.2) is 0 Å². The van der Waals surface area contributed by atoms with E-state index in [1.807, 2.05) is 0 Å². The molecule has 0 spiro atoms. The number of hydrogen-bond acceptors (Lipinski definition) is 3. The quantitative estimate of drug-likeness (QED) is 0.683. The average molecular weight is 142 g/mol. The first-order valence-corrected chi connectivity index (χ1v) is 3.03. The fraction of sp³-hybridized carbons (Fsp3) is 0.429.